The molecule has 3 fully saturated rings. The molecule has 206 valence electrons. The van der Waals surface area contributed by atoms with Crippen molar-refractivity contribution < 1.29 is 18.7 Å². The minimum atomic E-state index is -0.602. The zero-order valence-corrected chi connectivity index (χ0v) is 22.8. The molecule has 8 nitrogen and oxygen atoms in total. The van der Waals surface area contributed by atoms with Gasteiger partial charge in [0, 0.05) is 59.6 Å². The van der Waals surface area contributed by atoms with Gasteiger partial charge in [-0.05, 0) is 74.7 Å². The summed E-state index contributed by atoms with van der Waals surface area (Å²) in [5, 5.41) is 4.68. The fraction of sp³-hybridized carbons (Fsp3) is 0.387. The molecule has 1 unspecified atom stereocenters. The number of aromatic nitrogens is 3. The standard InChI is InChI=1S/C31H32FN5O3/c1-31(2,33)20-12-25(17-6-8-21(32)9-7-17)34-27(13-20)40-29-23-15-36(16-24(23)29)30(38)19-10-22-14-26(18-4-5-18)35-37(22)28(11-19)39-3/h6-14,18,23-24,29H,4-5,15-16,33H2,1-3H3/t23-,24+,29?. The van der Waals surface area contributed by atoms with E-state index >= 15 is 0 Å². The number of carbonyl (C=O) groups excluding carboxylic acids is 1. The molecule has 2 saturated carbocycles. The summed E-state index contributed by atoms with van der Waals surface area (Å²) in [6, 6.07) is 15.8. The van der Waals surface area contributed by atoms with Crippen LogP contribution >= 0.6 is 0 Å². The predicted octanol–water partition coefficient (Wildman–Crippen LogP) is 4.76. The number of nitrogens with zero attached hydrogens (tertiary/aromatic N) is 4. The molecule has 3 aromatic heterocycles. The maximum atomic E-state index is 13.5. The number of piperidine rings is 1. The zero-order valence-electron chi connectivity index (χ0n) is 22.8. The van der Waals surface area contributed by atoms with Crippen molar-refractivity contribution in [2.45, 2.75) is 44.2 Å². The Morgan fingerprint density at radius 1 is 1.05 bits per heavy atom. The summed E-state index contributed by atoms with van der Waals surface area (Å²) in [5.41, 5.74) is 10.7. The first-order valence-corrected chi connectivity index (χ1v) is 13.8. The second-order valence-corrected chi connectivity index (χ2v) is 11.9. The first kappa shape index (κ1) is 25.0. The summed E-state index contributed by atoms with van der Waals surface area (Å²) in [4.78, 5) is 20.1. The molecule has 9 heteroatoms. The maximum absolute atomic E-state index is 13.5. The minimum Gasteiger partial charge on any atom is -0.481 e. The minimum absolute atomic E-state index is 0.00970. The van der Waals surface area contributed by atoms with Crippen LogP contribution in [0.5, 0.6) is 11.8 Å². The van der Waals surface area contributed by atoms with Crippen LogP contribution in [0.2, 0.25) is 0 Å². The third-order valence-corrected chi connectivity index (χ3v) is 8.34. The average molecular weight is 542 g/mol. The molecular formula is C31H32FN5O3. The van der Waals surface area contributed by atoms with Crippen molar-refractivity contribution in [3.63, 3.8) is 0 Å². The summed E-state index contributed by atoms with van der Waals surface area (Å²) in [7, 11) is 1.60. The van der Waals surface area contributed by atoms with E-state index in [9.17, 15) is 9.18 Å². The number of hydrogen-bond donors (Lipinski definition) is 1. The van der Waals surface area contributed by atoms with E-state index in [0.29, 0.717) is 42.0 Å². The third-order valence-electron chi connectivity index (χ3n) is 8.34. The van der Waals surface area contributed by atoms with E-state index < -0.39 is 5.54 Å². The highest BCUT2D eigenvalue weighted by atomic mass is 19.1. The van der Waals surface area contributed by atoms with Gasteiger partial charge in [0.1, 0.15) is 11.9 Å². The number of nitrogens with two attached hydrogens (primary N) is 1. The van der Waals surface area contributed by atoms with Gasteiger partial charge in [-0.3, -0.25) is 4.79 Å². The van der Waals surface area contributed by atoms with Gasteiger partial charge >= 0.3 is 0 Å². The van der Waals surface area contributed by atoms with E-state index in [1.54, 1.807) is 29.8 Å². The van der Waals surface area contributed by atoms with Crippen molar-refractivity contribution in [3.05, 3.63) is 77.2 Å². The number of benzene rings is 1. The fourth-order valence-electron chi connectivity index (χ4n) is 5.78. The van der Waals surface area contributed by atoms with E-state index in [-0.39, 0.29) is 29.7 Å². The van der Waals surface area contributed by atoms with E-state index in [4.69, 9.17) is 20.2 Å². The number of fused-ring (bicyclic) bond motifs is 2. The van der Waals surface area contributed by atoms with Gasteiger partial charge in [-0.15, -0.1) is 0 Å². The quantitative estimate of drug-likeness (QED) is 0.362. The van der Waals surface area contributed by atoms with Crippen LogP contribution in [0.15, 0.2) is 54.6 Å². The molecule has 1 saturated heterocycles. The lowest BCUT2D eigenvalue weighted by atomic mass is 9.95. The monoisotopic (exact) mass is 541 g/mol. The number of pyridine rings is 2. The second-order valence-electron chi connectivity index (χ2n) is 11.9. The number of carbonyl (C=O) groups is 1. The Labute approximate surface area is 231 Å². The van der Waals surface area contributed by atoms with Crippen LogP contribution in [-0.2, 0) is 5.54 Å². The molecule has 40 heavy (non-hydrogen) atoms. The van der Waals surface area contributed by atoms with Crippen LogP contribution < -0.4 is 15.2 Å². The first-order chi connectivity index (χ1) is 19.2. The Hall–Kier alpha value is -3.98. The van der Waals surface area contributed by atoms with Crippen molar-refractivity contribution in [2.24, 2.45) is 17.6 Å². The molecule has 1 amide bonds. The smallest absolute Gasteiger partial charge is 0.254 e. The number of likely N-dealkylation sites (tertiary alicyclic amines) is 1. The van der Waals surface area contributed by atoms with Gasteiger partial charge in [-0.25, -0.2) is 13.9 Å². The first-order valence-electron chi connectivity index (χ1n) is 13.8. The van der Waals surface area contributed by atoms with Crippen LogP contribution in [0.4, 0.5) is 4.39 Å². The molecule has 7 rings (SSSR count). The van der Waals surface area contributed by atoms with E-state index in [1.165, 1.54) is 12.1 Å². The molecule has 2 N–H and O–H groups in total. The lowest BCUT2D eigenvalue weighted by molar-refractivity contribution is 0.0751. The van der Waals surface area contributed by atoms with Gasteiger partial charge in [-0.1, -0.05) is 0 Å². The number of halogens is 1. The topological polar surface area (TPSA) is 95.0 Å². The van der Waals surface area contributed by atoms with Crippen LogP contribution in [0.3, 0.4) is 0 Å². The maximum Gasteiger partial charge on any atom is 0.254 e. The number of ether oxygens (including phenoxy) is 2. The summed E-state index contributed by atoms with van der Waals surface area (Å²) < 4.78 is 27.2. The van der Waals surface area contributed by atoms with Gasteiger partial charge in [-0.2, -0.15) is 5.10 Å². The normalized spacial score (nSPS) is 21.9. The Bertz CT molecular complexity index is 1610. The summed E-state index contributed by atoms with van der Waals surface area (Å²) in [6.07, 6.45) is 2.31. The summed E-state index contributed by atoms with van der Waals surface area (Å²) in [5.74, 6) is 1.76. The zero-order chi connectivity index (χ0) is 27.8. The highest BCUT2D eigenvalue weighted by Crippen LogP contribution is 2.48. The number of methoxy groups -OCH3 is 1. The summed E-state index contributed by atoms with van der Waals surface area (Å²) >= 11 is 0. The van der Waals surface area contributed by atoms with Crippen LogP contribution in [0.25, 0.3) is 16.8 Å². The van der Waals surface area contributed by atoms with E-state index in [0.717, 1.165) is 35.2 Å². The fourth-order valence-corrected chi connectivity index (χ4v) is 5.78. The molecule has 2 aliphatic carbocycles. The Kier molecular flexibility index (Phi) is 5.64. The molecule has 4 aromatic rings. The molecule has 3 atom stereocenters. The summed E-state index contributed by atoms with van der Waals surface area (Å²) in [6.45, 7) is 5.11. The van der Waals surface area contributed by atoms with Gasteiger partial charge in [0.2, 0.25) is 11.8 Å². The van der Waals surface area contributed by atoms with E-state index in [1.807, 2.05) is 36.9 Å². The molecule has 4 heterocycles. The largest absolute Gasteiger partial charge is 0.481 e. The van der Waals surface area contributed by atoms with Crippen molar-refractivity contribution in [2.75, 3.05) is 20.2 Å². The molecular weight excluding hydrogens is 509 g/mol. The Morgan fingerprint density at radius 2 is 1.77 bits per heavy atom. The van der Waals surface area contributed by atoms with Crippen molar-refractivity contribution in [3.8, 4) is 23.0 Å². The van der Waals surface area contributed by atoms with Crippen LogP contribution in [0, 0.1) is 17.7 Å². The second kappa shape index (κ2) is 9.02. The third kappa shape index (κ3) is 4.48. The van der Waals surface area contributed by atoms with Crippen LogP contribution in [0.1, 0.15) is 54.2 Å². The van der Waals surface area contributed by atoms with Crippen LogP contribution in [-0.4, -0.2) is 51.7 Å². The van der Waals surface area contributed by atoms with Gasteiger partial charge in [0.15, 0.2) is 0 Å². The predicted molar refractivity (Wildman–Crippen MR) is 148 cm³/mol. The molecule has 1 aromatic carbocycles. The van der Waals surface area contributed by atoms with Crippen molar-refractivity contribution in [1.29, 1.82) is 0 Å². The van der Waals surface area contributed by atoms with Gasteiger partial charge in [0.05, 0.1) is 24.0 Å². The van der Waals surface area contributed by atoms with Gasteiger partial charge < -0.3 is 20.1 Å². The SMILES string of the molecule is COc1cc(C(=O)N2C[C@@H]3C(Oc4cc(C(C)(C)N)cc(-c5ccc(F)cc5)n4)[C@@H]3C2)cc2cc(C3CC3)nn12. The Balaban J connectivity index is 1.07. The highest BCUT2D eigenvalue weighted by Gasteiger charge is 2.59. The van der Waals surface area contributed by atoms with Crippen molar-refractivity contribution >= 4 is 11.4 Å². The Morgan fingerprint density at radius 3 is 2.42 bits per heavy atom. The molecule has 0 bridgehead atoms. The average Bonchev–Trinajstić information content (AvgIpc) is 3.78. The molecule has 1 aliphatic heterocycles. The molecule has 3 aliphatic rings. The van der Waals surface area contributed by atoms with Crippen molar-refractivity contribution in [1.82, 2.24) is 19.5 Å². The lowest BCUT2D eigenvalue weighted by Crippen LogP contribution is -2.33. The lowest BCUT2D eigenvalue weighted by Gasteiger charge is -2.23. The highest BCUT2D eigenvalue weighted by molar-refractivity contribution is 5.96. The molecule has 0 spiro atoms. The number of hydrogen-bond acceptors (Lipinski definition) is 6. The number of rotatable bonds is 7. The van der Waals surface area contributed by atoms with Gasteiger partial charge in [0.25, 0.3) is 5.91 Å². The number of amides is 1. The molecule has 0 radical (unpaired) electrons. The van der Waals surface area contributed by atoms with E-state index in [2.05, 4.69) is 11.2 Å².